The van der Waals surface area contributed by atoms with E-state index >= 15 is 0 Å². The predicted molar refractivity (Wildman–Crippen MR) is 114 cm³/mol. The molecule has 29 heavy (non-hydrogen) atoms. The molecule has 1 aliphatic heterocycles. The Kier molecular flexibility index (Phi) is 4.97. The van der Waals surface area contributed by atoms with Crippen LogP contribution in [-0.2, 0) is 6.42 Å². The topological polar surface area (TPSA) is 71.2 Å². The Morgan fingerprint density at radius 2 is 2.03 bits per heavy atom. The molecule has 7 heteroatoms. The van der Waals surface area contributed by atoms with Gasteiger partial charge in [-0.1, -0.05) is 6.08 Å². The van der Waals surface area contributed by atoms with Crippen molar-refractivity contribution in [3.8, 4) is 0 Å². The molecule has 1 N–H and O–H groups in total. The van der Waals surface area contributed by atoms with E-state index in [0.29, 0.717) is 11.7 Å². The SMILES string of the molecule is CN1CCC(CNc2ncc3c(n2)CCCC=C3c2cnc3nccn3c2)CC1. The smallest absolute Gasteiger partial charge is 0.233 e. The van der Waals surface area contributed by atoms with Crippen molar-refractivity contribution in [2.75, 3.05) is 32.0 Å². The molecule has 0 spiro atoms. The largest absolute Gasteiger partial charge is 0.354 e. The number of allylic oxidation sites excluding steroid dienone is 1. The van der Waals surface area contributed by atoms with Gasteiger partial charge in [-0.3, -0.25) is 4.40 Å². The molecule has 5 rings (SSSR count). The molecule has 0 radical (unpaired) electrons. The third kappa shape index (κ3) is 3.87. The lowest BCUT2D eigenvalue weighted by atomic mass is 9.97. The van der Waals surface area contributed by atoms with Gasteiger partial charge in [-0.25, -0.2) is 19.9 Å². The number of piperidine rings is 1. The fourth-order valence-electron chi connectivity index (χ4n) is 4.27. The number of imidazole rings is 1. The summed E-state index contributed by atoms with van der Waals surface area (Å²) in [4.78, 5) is 20.7. The second-order valence-corrected chi connectivity index (χ2v) is 8.17. The molecule has 1 fully saturated rings. The Bertz CT molecular complexity index is 1030. The van der Waals surface area contributed by atoms with E-state index in [1.807, 2.05) is 23.0 Å². The van der Waals surface area contributed by atoms with Gasteiger partial charge in [0.1, 0.15) is 0 Å². The number of aryl methyl sites for hydroxylation is 1. The van der Waals surface area contributed by atoms with Gasteiger partial charge in [0.15, 0.2) is 0 Å². The summed E-state index contributed by atoms with van der Waals surface area (Å²) >= 11 is 0. The van der Waals surface area contributed by atoms with Crippen LogP contribution < -0.4 is 5.32 Å². The second kappa shape index (κ2) is 7.91. The van der Waals surface area contributed by atoms with E-state index in [0.717, 1.165) is 48.6 Å². The molecular weight excluding hydrogens is 362 g/mol. The van der Waals surface area contributed by atoms with Crippen molar-refractivity contribution in [1.29, 1.82) is 0 Å². The number of nitrogens with zero attached hydrogens (tertiary/aromatic N) is 6. The van der Waals surface area contributed by atoms with Crippen molar-refractivity contribution in [3.63, 3.8) is 0 Å². The minimum absolute atomic E-state index is 0.706. The average molecular weight is 390 g/mol. The Morgan fingerprint density at radius 1 is 1.14 bits per heavy atom. The maximum absolute atomic E-state index is 4.89. The first-order valence-corrected chi connectivity index (χ1v) is 10.5. The van der Waals surface area contributed by atoms with Gasteiger partial charge in [0.05, 0.1) is 5.69 Å². The Labute approximate surface area is 170 Å². The Hall–Kier alpha value is -2.80. The zero-order valence-corrected chi connectivity index (χ0v) is 16.9. The van der Waals surface area contributed by atoms with E-state index in [1.165, 1.54) is 31.5 Å². The highest BCUT2D eigenvalue weighted by Crippen LogP contribution is 2.30. The third-order valence-electron chi connectivity index (χ3n) is 6.07. The van der Waals surface area contributed by atoms with E-state index < -0.39 is 0 Å². The molecule has 0 unspecified atom stereocenters. The highest BCUT2D eigenvalue weighted by molar-refractivity contribution is 5.80. The normalized spacial score (nSPS) is 18.3. The molecule has 1 saturated heterocycles. The fraction of sp³-hybridized carbons (Fsp3) is 0.455. The van der Waals surface area contributed by atoms with Crippen molar-refractivity contribution in [2.24, 2.45) is 5.92 Å². The van der Waals surface area contributed by atoms with Crippen LogP contribution in [0.4, 0.5) is 5.95 Å². The van der Waals surface area contributed by atoms with E-state index in [1.54, 1.807) is 6.20 Å². The van der Waals surface area contributed by atoms with Crippen molar-refractivity contribution in [2.45, 2.75) is 32.1 Å². The highest BCUT2D eigenvalue weighted by Gasteiger charge is 2.19. The molecule has 2 aliphatic rings. The number of hydrogen-bond donors (Lipinski definition) is 1. The molecule has 1 aliphatic carbocycles. The molecule has 0 amide bonds. The van der Waals surface area contributed by atoms with Gasteiger partial charge in [-0.2, -0.15) is 0 Å². The molecule has 0 aromatic carbocycles. The quantitative estimate of drug-likeness (QED) is 0.740. The molecule has 4 heterocycles. The lowest BCUT2D eigenvalue weighted by Crippen LogP contribution is -2.33. The van der Waals surface area contributed by atoms with Gasteiger partial charge in [-0.15, -0.1) is 0 Å². The number of fused-ring (bicyclic) bond motifs is 2. The molecule has 3 aromatic rings. The summed E-state index contributed by atoms with van der Waals surface area (Å²) in [7, 11) is 2.20. The number of nitrogens with one attached hydrogen (secondary N) is 1. The van der Waals surface area contributed by atoms with Gasteiger partial charge < -0.3 is 10.2 Å². The molecule has 0 atom stereocenters. The van der Waals surface area contributed by atoms with Crippen molar-refractivity contribution >= 4 is 17.3 Å². The standard InChI is InChI=1S/C22H27N7/c1-28-9-6-16(7-10-28)12-24-21-25-14-19-18(4-2-3-5-20(19)27-21)17-13-26-22-23-8-11-29(22)15-17/h4,8,11,13-16H,2-3,5-7,9-10,12H2,1H3,(H,24,25,27). The summed E-state index contributed by atoms with van der Waals surface area (Å²) in [5.74, 6) is 2.18. The van der Waals surface area contributed by atoms with Gasteiger partial charge in [0.25, 0.3) is 0 Å². The van der Waals surface area contributed by atoms with Crippen molar-refractivity contribution in [3.05, 3.63) is 53.9 Å². The van der Waals surface area contributed by atoms with E-state index in [2.05, 4.69) is 44.5 Å². The number of hydrogen-bond acceptors (Lipinski definition) is 6. The van der Waals surface area contributed by atoms with Crippen LogP contribution in [0.3, 0.4) is 0 Å². The molecule has 0 bridgehead atoms. The van der Waals surface area contributed by atoms with Crippen LogP contribution in [0.25, 0.3) is 11.4 Å². The van der Waals surface area contributed by atoms with Crippen LogP contribution in [0.15, 0.2) is 37.1 Å². The van der Waals surface area contributed by atoms with Crippen LogP contribution in [0, 0.1) is 5.92 Å². The van der Waals surface area contributed by atoms with E-state index in [9.17, 15) is 0 Å². The summed E-state index contributed by atoms with van der Waals surface area (Å²) in [5.41, 5.74) is 4.49. The molecule has 150 valence electrons. The van der Waals surface area contributed by atoms with Gasteiger partial charge in [0, 0.05) is 48.7 Å². The first-order chi connectivity index (χ1) is 14.3. The monoisotopic (exact) mass is 389 g/mol. The minimum atomic E-state index is 0.706. The highest BCUT2D eigenvalue weighted by atomic mass is 15.1. The van der Waals surface area contributed by atoms with E-state index in [-0.39, 0.29) is 0 Å². The van der Waals surface area contributed by atoms with E-state index in [4.69, 9.17) is 4.98 Å². The summed E-state index contributed by atoms with van der Waals surface area (Å²) in [5, 5.41) is 3.49. The van der Waals surface area contributed by atoms with Crippen LogP contribution in [-0.4, -0.2) is 55.9 Å². The Morgan fingerprint density at radius 3 is 2.93 bits per heavy atom. The van der Waals surface area contributed by atoms with Crippen molar-refractivity contribution < 1.29 is 0 Å². The summed E-state index contributed by atoms with van der Waals surface area (Å²) in [6, 6.07) is 0. The maximum Gasteiger partial charge on any atom is 0.233 e. The van der Waals surface area contributed by atoms with Crippen molar-refractivity contribution in [1.82, 2.24) is 29.2 Å². The maximum atomic E-state index is 4.89. The first kappa shape index (κ1) is 18.2. The number of aromatic nitrogens is 5. The third-order valence-corrected chi connectivity index (χ3v) is 6.07. The first-order valence-electron chi connectivity index (χ1n) is 10.5. The zero-order valence-electron chi connectivity index (χ0n) is 16.9. The lowest BCUT2D eigenvalue weighted by molar-refractivity contribution is 0.226. The number of rotatable bonds is 4. The minimum Gasteiger partial charge on any atom is -0.354 e. The average Bonchev–Trinajstić information content (AvgIpc) is 3.12. The summed E-state index contributed by atoms with van der Waals surface area (Å²) < 4.78 is 1.96. The second-order valence-electron chi connectivity index (χ2n) is 8.17. The fourth-order valence-corrected chi connectivity index (χ4v) is 4.27. The van der Waals surface area contributed by atoms with Gasteiger partial charge in [0.2, 0.25) is 11.7 Å². The summed E-state index contributed by atoms with van der Waals surface area (Å²) in [6.07, 6.45) is 17.5. The van der Waals surface area contributed by atoms with Gasteiger partial charge >= 0.3 is 0 Å². The van der Waals surface area contributed by atoms with Crippen LogP contribution >= 0.6 is 0 Å². The molecule has 7 nitrogen and oxygen atoms in total. The Balaban J connectivity index is 1.37. The lowest BCUT2D eigenvalue weighted by Gasteiger charge is -2.29. The van der Waals surface area contributed by atoms with Crippen LogP contribution in [0.5, 0.6) is 0 Å². The predicted octanol–water partition coefficient (Wildman–Crippen LogP) is 3.04. The number of likely N-dealkylation sites (tertiary alicyclic amines) is 1. The zero-order chi connectivity index (χ0) is 19.6. The summed E-state index contributed by atoms with van der Waals surface area (Å²) in [6.45, 7) is 3.32. The number of anilines is 1. The molecule has 3 aromatic heterocycles. The molecular formula is C22H27N7. The van der Waals surface area contributed by atoms with Crippen LogP contribution in [0.1, 0.15) is 42.5 Å². The van der Waals surface area contributed by atoms with Crippen LogP contribution in [0.2, 0.25) is 0 Å². The molecule has 0 saturated carbocycles. The van der Waals surface area contributed by atoms with Gasteiger partial charge in [-0.05, 0) is 63.7 Å².